The molecule has 1 atom stereocenters. The Morgan fingerprint density at radius 2 is 2.11 bits per heavy atom. The summed E-state index contributed by atoms with van der Waals surface area (Å²) >= 11 is 6.73. The van der Waals surface area contributed by atoms with Gasteiger partial charge >= 0.3 is 0 Å². The van der Waals surface area contributed by atoms with Gasteiger partial charge in [0.2, 0.25) is 11.8 Å². The number of carbonyl (C=O) groups is 1. The minimum atomic E-state index is -0.533. The van der Waals surface area contributed by atoms with Gasteiger partial charge in [-0.05, 0) is 23.4 Å². The van der Waals surface area contributed by atoms with E-state index in [-0.39, 0.29) is 5.78 Å². The fraction of sp³-hybridized carbons (Fsp3) is 0.214. The number of ketones is 1. The van der Waals surface area contributed by atoms with Crippen molar-refractivity contribution in [1.29, 1.82) is 0 Å². The maximum Gasteiger partial charge on any atom is 0.244 e. The Hall–Kier alpha value is -1.59. The number of nitrogens with zero attached hydrogens (tertiary/aromatic N) is 2. The first-order valence-electron chi connectivity index (χ1n) is 5.99. The normalized spacial score (nSPS) is 13.2. The van der Waals surface area contributed by atoms with E-state index in [0.717, 1.165) is 0 Å². The van der Waals surface area contributed by atoms with Crippen molar-refractivity contribution < 1.29 is 9.36 Å². The Morgan fingerprint density at radius 1 is 1.37 bits per heavy atom. The molecule has 3 nitrogen and oxygen atoms in total. The first-order chi connectivity index (χ1) is 9.24. The molecule has 0 saturated heterocycles. The van der Waals surface area contributed by atoms with E-state index >= 15 is 0 Å². The minimum absolute atomic E-state index is 0.00611. The van der Waals surface area contributed by atoms with E-state index in [9.17, 15) is 4.79 Å². The van der Waals surface area contributed by atoms with Gasteiger partial charge in [-0.25, -0.2) is 0 Å². The average molecular weight is 290 g/mol. The summed E-state index contributed by atoms with van der Waals surface area (Å²) in [6, 6.07) is 8.81. The maximum absolute atomic E-state index is 12.6. The SMILES string of the molecule is CCN=C([S-])C(C(=O)c1cccs1)[n+]1ccccc1. The molecule has 0 aliphatic carbocycles. The van der Waals surface area contributed by atoms with Crippen LogP contribution in [0, 0.1) is 0 Å². The van der Waals surface area contributed by atoms with Crippen LogP contribution in [0.4, 0.5) is 0 Å². The second-order valence-electron chi connectivity index (χ2n) is 3.88. The highest BCUT2D eigenvalue weighted by molar-refractivity contribution is 7.77. The van der Waals surface area contributed by atoms with Crippen LogP contribution in [-0.4, -0.2) is 17.4 Å². The van der Waals surface area contributed by atoms with Gasteiger partial charge in [0, 0.05) is 18.7 Å². The van der Waals surface area contributed by atoms with Crippen LogP contribution in [0.15, 0.2) is 53.1 Å². The van der Waals surface area contributed by atoms with E-state index in [4.69, 9.17) is 12.6 Å². The van der Waals surface area contributed by atoms with Crippen molar-refractivity contribution in [3.8, 4) is 0 Å². The van der Waals surface area contributed by atoms with Crippen molar-refractivity contribution in [3.05, 3.63) is 53.0 Å². The molecule has 0 aromatic carbocycles. The van der Waals surface area contributed by atoms with E-state index in [0.29, 0.717) is 16.5 Å². The first kappa shape index (κ1) is 13.8. The van der Waals surface area contributed by atoms with Crippen LogP contribution in [0.3, 0.4) is 0 Å². The molecule has 5 heteroatoms. The number of Topliss-reactive ketones (excluding diaryl/α,β-unsaturated/α-hetero) is 1. The van der Waals surface area contributed by atoms with Crippen molar-refractivity contribution in [2.24, 2.45) is 4.99 Å². The van der Waals surface area contributed by atoms with Crippen LogP contribution in [-0.2, 0) is 12.6 Å². The van der Waals surface area contributed by atoms with Gasteiger partial charge in [0.25, 0.3) is 0 Å². The fourth-order valence-electron chi connectivity index (χ4n) is 1.75. The zero-order valence-corrected chi connectivity index (χ0v) is 12.2. The molecule has 0 aliphatic heterocycles. The topological polar surface area (TPSA) is 33.3 Å². The molecule has 98 valence electrons. The molecule has 0 spiro atoms. The minimum Gasteiger partial charge on any atom is -0.758 e. The van der Waals surface area contributed by atoms with Gasteiger partial charge in [0.15, 0.2) is 12.4 Å². The summed E-state index contributed by atoms with van der Waals surface area (Å²) in [5, 5.41) is 2.32. The molecule has 0 amide bonds. The summed E-state index contributed by atoms with van der Waals surface area (Å²) in [5.74, 6) is -0.00611. The maximum atomic E-state index is 12.6. The smallest absolute Gasteiger partial charge is 0.244 e. The molecule has 0 aliphatic rings. The molecule has 0 N–H and O–H groups in total. The zero-order valence-electron chi connectivity index (χ0n) is 10.5. The van der Waals surface area contributed by atoms with Crippen molar-refractivity contribution in [3.63, 3.8) is 0 Å². The quantitative estimate of drug-likeness (QED) is 0.279. The lowest BCUT2D eigenvalue weighted by molar-refractivity contribution is -0.691. The zero-order chi connectivity index (χ0) is 13.7. The predicted octanol–water partition coefficient (Wildman–Crippen LogP) is 2.42. The van der Waals surface area contributed by atoms with Gasteiger partial charge in [-0.15, -0.1) is 11.3 Å². The van der Waals surface area contributed by atoms with E-state index in [1.807, 2.05) is 59.6 Å². The lowest BCUT2D eigenvalue weighted by Crippen LogP contribution is -2.47. The van der Waals surface area contributed by atoms with E-state index in [1.165, 1.54) is 11.3 Å². The second-order valence-corrected chi connectivity index (χ2v) is 5.25. The highest BCUT2D eigenvalue weighted by Gasteiger charge is 2.28. The Labute approximate surface area is 122 Å². The summed E-state index contributed by atoms with van der Waals surface area (Å²) in [7, 11) is 0. The Morgan fingerprint density at radius 3 is 2.68 bits per heavy atom. The monoisotopic (exact) mass is 290 g/mol. The molecule has 2 rings (SSSR count). The molecule has 1 unspecified atom stereocenters. The lowest BCUT2D eigenvalue weighted by atomic mass is 10.1. The number of pyridine rings is 1. The van der Waals surface area contributed by atoms with Crippen molar-refractivity contribution in [2.45, 2.75) is 13.0 Å². The standard InChI is InChI=1S/C14H14N2OS2/c1-2-15-14(18)12(16-8-4-3-5-9-16)13(17)11-7-6-10-19-11/h3-10,12H,2H2,1H3. The number of hydrogen-bond donors (Lipinski definition) is 0. The van der Waals surface area contributed by atoms with Gasteiger partial charge in [-0.1, -0.05) is 12.1 Å². The number of aromatic nitrogens is 1. The summed E-state index contributed by atoms with van der Waals surface area (Å²) in [6.45, 7) is 2.50. The number of aliphatic imine (C=N–C) groups is 1. The average Bonchev–Trinajstić information content (AvgIpc) is 2.94. The first-order valence-corrected chi connectivity index (χ1v) is 7.27. The van der Waals surface area contributed by atoms with E-state index < -0.39 is 6.04 Å². The fourth-order valence-corrected chi connectivity index (χ4v) is 2.80. The van der Waals surface area contributed by atoms with Crippen LogP contribution in [0.2, 0.25) is 0 Å². The summed E-state index contributed by atoms with van der Waals surface area (Å²) in [6.07, 6.45) is 3.68. The Bertz CT molecular complexity index is 564. The van der Waals surface area contributed by atoms with Crippen LogP contribution in [0.1, 0.15) is 22.6 Å². The third-order valence-corrected chi connectivity index (χ3v) is 3.83. The van der Waals surface area contributed by atoms with Gasteiger partial charge in [-0.3, -0.25) is 4.79 Å². The summed E-state index contributed by atoms with van der Waals surface area (Å²) in [4.78, 5) is 17.5. The van der Waals surface area contributed by atoms with Crippen molar-refractivity contribution in [1.82, 2.24) is 0 Å². The second kappa shape index (κ2) is 6.54. The van der Waals surface area contributed by atoms with Crippen LogP contribution in [0.25, 0.3) is 0 Å². The molecule has 0 fully saturated rings. The molecule has 0 radical (unpaired) electrons. The highest BCUT2D eigenvalue weighted by Crippen LogP contribution is 2.16. The number of thiophene rings is 1. The molecule has 2 heterocycles. The molecule has 2 aromatic heterocycles. The third kappa shape index (κ3) is 3.24. The Kier molecular flexibility index (Phi) is 4.76. The molecule has 2 aromatic rings. The number of rotatable bonds is 5. The van der Waals surface area contributed by atoms with Crippen molar-refractivity contribution >= 4 is 34.8 Å². The molecule has 0 saturated carbocycles. The van der Waals surface area contributed by atoms with Gasteiger partial charge in [0.05, 0.1) is 4.88 Å². The Balaban J connectivity index is 2.41. The van der Waals surface area contributed by atoms with Crippen LogP contribution in [0.5, 0.6) is 0 Å². The molecule has 19 heavy (non-hydrogen) atoms. The molecular formula is C14H14N2OS2. The number of carbonyl (C=O) groups excluding carboxylic acids is 1. The summed E-state index contributed by atoms with van der Waals surface area (Å²) < 4.78 is 1.81. The van der Waals surface area contributed by atoms with Crippen LogP contribution >= 0.6 is 11.3 Å². The van der Waals surface area contributed by atoms with E-state index in [2.05, 4.69) is 4.99 Å². The lowest BCUT2D eigenvalue weighted by Gasteiger charge is -2.17. The highest BCUT2D eigenvalue weighted by atomic mass is 32.1. The van der Waals surface area contributed by atoms with Crippen LogP contribution < -0.4 is 4.57 Å². The van der Waals surface area contributed by atoms with Gasteiger partial charge in [0.1, 0.15) is 0 Å². The third-order valence-electron chi connectivity index (χ3n) is 2.60. The largest absolute Gasteiger partial charge is 0.758 e. The van der Waals surface area contributed by atoms with Gasteiger partial charge in [-0.2, -0.15) is 4.57 Å². The molecular weight excluding hydrogens is 276 g/mol. The predicted molar refractivity (Wildman–Crippen MR) is 79.7 cm³/mol. The van der Waals surface area contributed by atoms with E-state index in [1.54, 1.807) is 0 Å². The van der Waals surface area contributed by atoms with Gasteiger partial charge < -0.3 is 17.6 Å². The van der Waals surface area contributed by atoms with Crippen molar-refractivity contribution in [2.75, 3.05) is 6.54 Å². The molecule has 0 bridgehead atoms. The number of hydrogen-bond acceptors (Lipinski definition) is 4. The summed E-state index contributed by atoms with van der Waals surface area (Å²) in [5.41, 5.74) is 0.